The van der Waals surface area contributed by atoms with Crippen molar-refractivity contribution < 1.29 is 0 Å². The van der Waals surface area contributed by atoms with Gasteiger partial charge in [0.15, 0.2) is 4.96 Å². The molecule has 0 bridgehead atoms. The highest BCUT2D eigenvalue weighted by Gasteiger charge is 2.21. The van der Waals surface area contributed by atoms with E-state index in [4.69, 9.17) is 4.98 Å². The maximum Gasteiger partial charge on any atom is 0.259 e. The van der Waals surface area contributed by atoms with Crippen LogP contribution in [-0.2, 0) is 6.54 Å². The highest BCUT2D eigenvalue weighted by Crippen LogP contribution is 2.25. The summed E-state index contributed by atoms with van der Waals surface area (Å²) in [5, 5.41) is 5.63. The number of fused-ring (bicyclic) bond motifs is 1. The molecule has 0 spiro atoms. The van der Waals surface area contributed by atoms with E-state index in [0.29, 0.717) is 18.5 Å². The molecule has 1 fully saturated rings. The molecule has 2 heterocycles. The Hall–Kier alpha value is -1.98. The van der Waals surface area contributed by atoms with Crippen LogP contribution in [0, 0.1) is 5.92 Å². The lowest BCUT2D eigenvalue weighted by atomic mass is 9.86. The Bertz CT molecular complexity index is 916. The van der Waals surface area contributed by atoms with Gasteiger partial charge in [-0.1, -0.05) is 50.1 Å². The first kappa shape index (κ1) is 16.5. The third-order valence-electron chi connectivity index (χ3n) is 5.18. The monoisotopic (exact) mass is 353 g/mol. The van der Waals surface area contributed by atoms with Crippen LogP contribution in [-0.4, -0.2) is 15.4 Å². The molecule has 2 aromatic heterocycles. The van der Waals surface area contributed by atoms with Gasteiger partial charge in [0.25, 0.3) is 5.56 Å². The Labute approximate surface area is 151 Å². The number of nitrogens with one attached hydrogen (secondary N) is 1. The van der Waals surface area contributed by atoms with Crippen LogP contribution in [0.4, 0.5) is 0 Å². The van der Waals surface area contributed by atoms with Crippen molar-refractivity contribution in [3.63, 3.8) is 0 Å². The Morgan fingerprint density at radius 2 is 2.04 bits per heavy atom. The van der Waals surface area contributed by atoms with Gasteiger partial charge in [0.2, 0.25) is 0 Å². The van der Waals surface area contributed by atoms with Crippen LogP contribution >= 0.6 is 11.3 Å². The van der Waals surface area contributed by atoms with Crippen LogP contribution in [0.1, 0.15) is 38.3 Å². The summed E-state index contributed by atoms with van der Waals surface area (Å²) in [5.41, 5.74) is 2.79. The molecule has 1 aromatic carbocycles. The summed E-state index contributed by atoms with van der Waals surface area (Å²) in [6, 6.07) is 12.2. The number of hydrogen-bond donors (Lipinski definition) is 1. The van der Waals surface area contributed by atoms with Gasteiger partial charge in [-0.2, -0.15) is 0 Å². The van der Waals surface area contributed by atoms with E-state index in [1.807, 2.05) is 35.7 Å². The summed E-state index contributed by atoms with van der Waals surface area (Å²) >= 11 is 1.52. The lowest BCUT2D eigenvalue weighted by Gasteiger charge is -2.29. The van der Waals surface area contributed by atoms with Crippen molar-refractivity contribution in [1.82, 2.24) is 14.7 Å². The van der Waals surface area contributed by atoms with Gasteiger partial charge in [-0.3, -0.25) is 9.20 Å². The molecule has 1 aliphatic carbocycles. The Morgan fingerprint density at radius 1 is 1.24 bits per heavy atom. The molecule has 1 aliphatic rings. The van der Waals surface area contributed by atoms with Crippen molar-refractivity contribution in [2.75, 3.05) is 0 Å². The molecule has 0 amide bonds. The lowest BCUT2D eigenvalue weighted by Crippen LogP contribution is -2.37. The normalized spacial score (nSPS) is 20.8. The van der Waals surface area contributed by atoms with E-state index in [9.17, 15) is 4.79 Å². The number of hydrogen-bond acceptors (Lipinski definition) is 4. The van der Waals surface area contributed by atoms with Crippen LogP contribution in [0.2, 0.25) is 0 Å². The van der Waals surface area contributed by atoms with E-state index in [0.717, 1.165) is 21.9 Å². The summed E-state index contributed by atoms with van der Waals surface area (Å²) in [6.45, 7) is 2.98. The zero-order valence-electron chi connectivity index (χ0n) is 14.4. The fourth-order valence-electron chi connectivity index (χ4n) is 3.72. The Morgan fingerprint density at radius 3 is 2.84 bits per heavy atom. The standard InChI is InChI=1S/C20H23N3OS/c1-14-7-5-6-10-17(14)21-12-16-11-19(24)23-18(13-25-20(23)22-16)15-8-3-2-4-9-15/h2-4,8-9,11,13-14,17,21H,5-7,10,12H2,1H3/t14-,17-/m0/s1. The second-order valence-corrected chi connectivity index (χ2v) is 7.78. The maximum absolute atomic E-state index is 12.7. The van der Waals surface area contributed by atoms with E-state index < -0.39 is 0 Å². The average Bonchev–Trinajstić information content (AvgIpc) is 3.06. The van der Waals surface area contributed by atoms with Gasteiger partial charge in [0.05, 0.1) is 11.4 Å². The first-order chi connectivity index (χ1) is 12.2. The van der Waals surface area contributed by atoms with Crippen LogP contribution in [0.25, 0.3) is 16.2 Å². The van der Waals surface area contributed by atoms with Gasteiger partial charge in [-0.15, -0.1) is 11.3 Å². The Kier molecular flexibility index (Phi) is 4.68. The number of thiazole rings is 1. The van der Waals surface area contributed by atoms with Gasteiger partial charge in [-0.25, -0.2) is 4.98 Å². The molecule has 0 saturated heterocycles. The molecule has 3 aromatic rings. The quantitative estimate of drug-likeness (QED) is 0.768. The maximum atomic E-state index is 12.7. The first-order valence-corrected chi connectivity index (χ1v) is 9.89. The molecule has 1 N–H and O–H groups in total. The van der Waals surface area contributed by atoms with Gasteiger partial charge in [-0.05, 0) is 24.3 Å². The zero-order chi connectivity index (χ0) is 17.2. The minimum absolute atomic E-state index is 0.00130. The Balaban J connectivity index is 1.59. The minimum atomic E-state index is -0.00130. The summed E-state index contributed by atoms with van der Waals surface area (Å²) in [4.78, 5) is 18.1. The third-order valence-corrected chi connectivity index (χ3v) is 6.01. The molecule has 0 unspecified atom stereocenters. The van der Waals surface area contributed by atoms with Crippen molar-refractivity contribution in [2.45, 2.75) is 45.2 Å². The van der Waals surface area contributed by atoms with Crippen LogP contribution in [0.3, 0.4) is 0 Å². The summed E-state index contributed by atoms with van der Waals surface area (Å²) in [7, 11) is 0. The first-order valence-electron chi connectivity index (χ1n) is 9.01. The predicted octanol–water partition coefficient (Wildman–Crippen LogP) is 4.09. The average molecular weight is 353 g/mol. The van der Waals surface area contributed by atoms with Crippen molar-refractivity contribution in [3.8, 4) is 11.3 Å². The van der Waals surface area contributed by atoms with E-state index >= 15 is 0 Å². The molecule has 4 nitrogen and oxygen atoms in total. The lowest BCUT2D eigenvalue weighted by molar-refractivity contribution is 0.278. The number of benzene rings is 1. The fraction of sp³-hybridized carbons (Fsp3) is 0.400. The van der Waals surface area contributed by atoms with Crippen molar-refractivity contribution in [1.29, 1.82) is 0 Å². The predicted molar refractivity (Wildman–Crippen MR) is 103 cm³/mol. The molecule has 130 valence electrons. The number of aromatic nitrogens is 2. The van der Waals surface area contributed by atoms with Crippen molar-refractivity contribution in [3.05, 3.63) is 57.8 Å². The fourth-order valence-corrected chi connectivity index (χ4v) is 4.64. The van der Waals surface area contributed by atoms with Crippen LogP contribution < -0.4 is 10.9 Å². The third kappa shape index (κ3) is 3.39. The summed E-state index contributed by atoms with van der Waals surface area (Å²) in [5.74, 6) is 0.699. The van der Waals surface area contributed by atoms with Gasteiger partial charge in [0, 0.05) is 24.0 Å². The van der Waals surface area contributed by atoms with Crippen molar-refractivity contribution >= 4 is 16.3 Å². The molecular formula is C20H23N3OS. The van der Waals surface area contributed by atoms with Crippen LogP contribution in [0.15, 0.2) is 46.6 Å². The minimum Gasteiger partial charge on any atom is -0.308 e. The van der Waals surface area contributed by atoms with Crippen LogP contribution in [0.5, 0.6) is 0 Å². The molecule has 1 saturated carbocycles. The smallest absolute Gasteiger partial charge is 0.259 e. The molecule has 25 heavy (non-hydrogen) atoms. The largest absolute Gasteiger partial charge is 0.308 e. The van der Waals surface area contributed by atoms with Gasteiger partial charge in [0.1, 0.15) is 0 Å². The number of nitrogens with zero attached hydrogens (tertiary/aromatic N) is 2. The molecule has 4 rings (SSSR count). The molecular weight excluding hydrogens is 330 g/mol. The van der Waals surface area contributed by atoms with E-state index in [1.165, 1.54) is 37.0 Å². The van der Waals surface area contributed by atoms with Gasteiger partial charge < -0.3 is 5.32 Å². The molecule has 0 aliphatic heterocycles. The molecule has 0 radical (unpaired) electrons. The summed E-state index contributed by atoms with van der Waals surface area (Å²) < 4.78 is 1.72. The van der Waals surface area contributed by atoms with E-state index in [1.54, 1.807) is 10.5 Å². The van der Waals surface area contributed by atoms with E-state index in [2.05, 4.69) is 12.2 Å². The van der Waals surface area contributed by atoms with Crippen molar-refractivity contribution in [2.24, 2.45) is 5.92 Å². The second-order valence-electron chi connectivity index (χ2n) is 6.94. The number of rotatable bonds is 4. The van der Waals surface area contributed by atoms with Gasteiger partial charge >= 0.3 is 0 Å². The van der Waals surface area contributed by atoms with E-state index in [-0.39, 0.29) is 5.56 Å². The molecule has 5 heteroatoms. The highest BCUT2D eigenvalue weighted by molar-refractivity contribution is 7.15. The second kappa shape index (κ2) is 7.10. The zero-order valence-corrected chi connectivity index (χ0v) is 15.3. The molecule has 2 atom stereocenters. The SMILES string of the molecule is C[C@H]1CCCC[C@@H]1NCc1cc(=O)n2c(-c3ccccc3)csc2n1. The summed E-state index contributed by atoms with van der Waals surface area (Å²) in [6.07, 6.45) is 5.14. The topological polar surface area (TPSA) is 46.4 Å². The highest BCUT2D eigenvalue weighted by atomic mass is 32.1.